The van der Waals surface area contributed by atoms with Crippen molar-refractivity contribution < 1.29 is 19.1 Å². The van der Waals surface area contributed by atoms with Crippen LogP contribution in [0.1, 0.15) is 35.0 Å². The van der Waals surface area contributed by atoms with E-state index < -0.39 is 0 Å². The second kappa shape index (κ2) is 9.30. The minimum absolute atomic E-state index is 0.0429. The summed E-state index contributed by atoms with van der Waals surface area (Å²) in [7, 11) is 0. The molecule has 1 fully saturated rings. The molecule has 2 aliphatic heterocycles. The van der Waals surface area contributed by atoms with E-state index in [9.17, 15) is 9.59 Å². The first-order valence-corrected chi connectivity index (χ1v) is 10.6. The summed E-state index contributed by atoms with van der Waals surface area (Å²) in [5.74, 6) is 0.922. The Bertz CT molecular complexity index is 904. The Kier molecular flexibility index (Phi) is 6.32. The summed E-state index contributed by atoms with van der Waals surface area (Å²) in [5, 5.41) is 4.21. The van der Waals surface area contributed by atoms with Crippen LogP contribution in [0, 0.1) is 0 Å². The molecule has 2 aliphatic rings. The van der Waals surface area contributed by atoms with Crippen LogP contribution in [0.2, 0.25) is 0 Å². The molecule has 8 nitrogen and oxygen atoms in total. The summed E-state index contributed by atoms with van der Waals surface area (Å²) >= 11 is 0. The predicted molar refractivity (Wildman–Crippen MR) is 110 cm³/mol. The second-order valence-corrected chi connectivity index (χ2v) is 7.54. The van der Waals surface area contributed by atoms with Crippen molar-refractivity contribution in [3.05, 3.63) is 47.3 Å². The van der Waals surface area contributed by atoms with Crippen molar-refractivity contribution in [1.29, 1.82) is 0 Å². The monoisotopic (exact) mass is 412 g/mol. The zero-order chi connectivity index (χ0) is 20.9. The zero-order valence-corrected chi connectivity index (χ0v) is 17.4. The molecule has 0 bridgehead atoms. The molecule has 0 radical (unpaired) electrons. The Morgan fingerprint density at radius 3 is 2.67 bits per heavy atom. The summed E-state index contributed by atoms with van der Waals surface area (Å²) in [5.41, 5.74) is 2.64. The maximum atomic E-state index is 13.0. The number of aryl methyl sites for hydroxylation is 2. The lowest BCUT2D eigenvalue weighted by Gasteiger charge is -2.26. The number of fused-ring (bicyclic) bond motifs is 1. The molecule has 0 aliphatic carbocycles. The molecule has 0 N–H and O–H groups in total. The highest BCUT2D eigenvalue weighted by Crippen LogP contribution is 2.26. The number of ether oxygens (including phenoxy) is 2. The van der Waals surface area contributed by atoms with E-state index in [2.05, 4.69) is 11.2 Å². The fourth-order valence-electron chi connectivity index (χ4n) is 3.93. The van der Waals surface area contributed by atoms with Gasteiger partial charge in [-0.3, -0.25) is 14.3 Å². The number of nitrogens with zero attached hydrogens (tertiary/aromatic N) is 4. The molecule has 1 aromatic carbocycles. The first-order valence-electron chi connectivity index (χ1n) is 10.6. The van der Waals surface area contributed by atoms with Gasteiger partial charge in [-0.05, 0) is 31.0 Å². The zero-order valence-electron chi connectivity index (χ0n) is 17.4. The molecule has 0 saturated carbocycles. The molecule has 0 unspecified atom stereocenters. The number of carbonyl (C=O) groups excluding carboxylic acids is 2. The van der Waals surface area contributed by atoms with E-state index in [1.807, 2.05) is 24.0 Å². The summed E-state index contributed by atoms with van der Waals surface area (Å²) in [6, 6.07) is 7.78. The largest absolute Gasteiger partial charge is 0.491 e. The Morgan fingerprint density at radius 1 is 1.07 bits per heavy atom. The van der Waals surface area contributed by atoms with Gasteiger partial charge in [0.25, 0.3) is 5.91 Å². The van der Waals surface area contributed by atoms with Gasteiger partial charge >= 0.3 is 0 Å². The summed E-state index contributed by atoms with van der Waals surface area (Å²) in [6.45, 7) is 6.64. The lowest BCUT2D eigenvalue weighted by Crippen LogP contribution is -2.40. The van der Waals surface area contributed by atoms with Crippen LogP contribution in [-0.4, -0.2) is 70.8 Å². The number of benzene rings is 1. The van der Waals surface area contributed by atoms with Crippen LogP contribution in [0.15, 0.2) is 30.5 Å². The predicted octanol–water partition coefficient (Wildman–Crippen LogP) is 1.73. The third-order valence-electron chi connectivity index (χ3n) is 5.62. The first-order chi connectivity index (χ1) is 14.7. The number of morpholine rings is 1. The van der Waals surface area contributed by atoms with Gasteiger partial charge in [-0.2, -0.15) is 5.10 Å². The molecule has 1 aromatic heterocycles. The Hall–Kier alpha value is -2.87. The summed E-state index contributed by atoms with van der Waals surface area (Å²) in [6.07, 6.45) is 2.79. The van der Waals surface area contributed by atoms with Crippen LogP contribution < -0.4 is 4.74 Å². The number of amides is 2. The Labute approximate surface area is 176 Å². The van der Waals surface area contributed by atoms with E-state index in [0.717, 1.165) is 16.9 Å². The van der Waals surface area contributed by atoms with Crippen molar-refractivity contribution in [2.24, 2.45) is 0 Å². The average Bonchev–Trinajstić information content (AvgIpc) is 3.16. The number of hydrogen-bond acceptors (Lipinski definition) is 5. The summed E-state index contributed by atoms with van der Waals surface area (Å²) < 4.78 is 12.9. The number of hydrogen-bond donors (Lipinski definition) is 0. The van der Waals surface area contributed by atoms with Crippen LogP contribution in [-0.2, 0) is 29.0 Å². The summed E-state index contributed by atoms with van der Waals surface area (Å²) in [4.78, 5) is 29.1. The number of carbonyl (C=O) groups is 2. The fraction of sp³-hybridized carbons (Fsp3) is 0.500. The molecule has 0 atom stereocenters. The minimum Gasteiger partial charge on any atom is -0.491 e. The highest BCUT2D eigenvalue weighted by atomic mass is 16.5. The molecule has 30 heavy (non-hydrogen) atoms. The molecule has 3 heterocycles. The molecule has 1 saturated heterocycles. The van der Waals surface area contributed by atoms with E-state index in [-0.39, 0.29) is 11.8 Å². The second-order valence-electron chi connectivity index (χ2n) is 7.54. The van der Waals surface area contributed by atoms with Crippen molar-refractivity contribution in [2.75, 3.05) is 39.5 Å². The molecular formula is C22H28N4O4. The maximum absolute atomic E-state index is 13.0. The molecule has 0 spiro atoms. The van der Waals surface area contributed by atoms with Crippen molar-refractivity contribution in [3.63, 3.8) is 0 Å². The van der Waals surface area contributed by atoms with Crippen LogP contribution >= 0.6 is 0 Å². The molecule has 4 rings (SSSR count). The normalized spacial score (nSPS) is 16.6. The SMILES string of the molecule is CCn1nccc1C(=O)N1CCOc2ccc(CCC(=O)N3CCOCC3)cc2C1. The van der Waals surface area contributed by atoms with Crippen molar-refractivity contribution in [1.82, 2.24) is 19.6 Å². The van der Waals surface area contributed by atoms with E-state index >= 15 is 0 Å². The van der Waals surface area contributed by atoms with Gasteiger partial charge in [0.1, 0.15) is 18.1 Å². The number of rotatable bonds is 5. The van der Waals surface area contributed by atoms with Crippen LogP contribution in [0.5, 0.6) is 5.75 Å². The highest BCUT2D eigenvalue weighted by molar-refractivity contribution is 5.92. The van der Waals surface area contributed by atoms with E-state index in [0.29, 0.717) is 71.1 Å². The third-order valence-corrected chi connectivity index (χ3v) is 5.62. The Balaban J connectivity index is 1.43. The van der Waals surface area contributed by atoms with Gasteiger partial charge in [-0.15, -0.1) is 0 Å². The fourth-order valence-corrected chi connectivity index (χ4v) is 3.93. The van der Waals surface area contributed by atoms with Gasteiger partial charge in [0.2, 0.25) is 5.91 Å². The standard InChI is InChI=1S/C22H28N4O4/c1-2-26-19(7-8-23-26)22(28)25-11-14-30-20-5-3-17(15-18(20)16-25)4-6-21(27)24-9-12-29-13-10-24/h3,5,7-8,15H,2,4,6,9-14,16H2,1H3. The maximum Gasteiger partial charge on any atom is 0.272 e. The van der Waals surface area contributed by atoms with Gasteiger partial charge in [-0.1, -0.05) is 12.1 Å². The van der Waals surface area contributed by atoms with Gasteiger partial charge in [0.05, 0.1) is 19.8 Å². The molecule has 2 aromatic rings. The number of aromatic nitrogens is 2. The van der Waals surface area contributed by atoms with Crippen molar-refractivity contribution in [2.45, 2.75) is 32.9 Å². The quantitative estimate of drug-likeness (QED) is 0.748. The Morgan fingerprint density at radius 2 is 1.87 bits per heavy atom. The minimum atomic E-state index is -0.0429. The highest BCUT2D eigenvalue weighted by Gasteiger charge is 2.24. The lowest BCUT2D eigenvalue weighted by molar-refractivity contribution is -0.135. The third kappa shape index (κ3) is 4.48. The van der Waals surface area contributed by atoms with Gasteiger partial charge in [0, 0.05) is 44.4 Å². The molecule has 8 heteroatoms. The van der Waals surface area contributed by atoms with Gasteiger partial charge in [0.15, 0.2) is 0 Å². The van der Waals surface area contributed by atoms with E-state index in [1.54, 1.807) is 21.8 Å². The average molecular weight is 412 g/mol. The van der Waals surface area contributed by atoms with Crippen LogP contribution in [0.4, 0.5) is 0 Å². The molecule has 2 amide bonds. The lowest BCUT2D eigenvalue weighted by atomic mass is 10.0. The van der Waals surface area contributed by atoms with Gasteiger partial charge < -0.3 is 19.3 Å². The smallest absolute Gasteiger partial charge is 0.272 e. The van der Waals surface area contributed by atoms with Crippen molar-refractivity contribution in [3.8, 4) is 5.75 Å². The van der Waals surface area contributed by atoms with Crippen LogP contribution in [0.3, 0.4) is 0 Å². The van der Waals surface area contributed by atoms with E-state index in [4.69, 9.17) is 9.47 Å². The van der Waals surface area contributed by atoms with Crippen LogP contribution in [0.25, 0.3) is 0 Å². The first kappa shape index (κ1) is 20.4. The topological polar surface area (TPSA) is 76.9 Å². The molecule has 160 valence electrons. The molecular weight excluding hydrogens is 384 g/mol. The van der Waals surface area contributed by atoms with Crippen molar-refractivity contribution >= 4 is 11.8 Å². The van der Waals surface area contributed by atoms with E-state index in [1.165, 1.54) is 0 Å². The van der Waals surface area contributed by atoms with Gasteiger partial charge in [-0.25, -0.2) is 0 Å².